The van der Waals surface area contributed by atoms with Crippen LogP contribution in [0.2, 0.25) is 0 Å². The molecule has 0 aliphatic rings. The van der Waals surface area contributed by atoms with Gasteiger partial charge in [-0.15, -0.1) is 0 Å². The third-order valence-electron chi connectivity index (χ3n) is 1.81. The molecule has 15 heavy (non-hydrogen) atoms. The van der Waals surface area contributed by atoms with Crippen LogP contribution in [0.5, 0.6) is 0 Å². The van der Waals surface area contributed by atoms with E-state index in [2.05, 4.69) is 9.97 Å². The van der Waals surface area contributed by atoms with Crippen molar-refractivity contribution in [3.05, 3.63) is 17.7 Å². The number of aliphatic hydroxyl groups excluding tert-OH is 1. The molecule has 0 spiro atoms. The van der Waals surface area contributed by atoms with E-state index in [0.717, 1.165) is 0 Å². The second kappa shape index (κ2) is 4.94. The fourth-order valence-electron chi connectivity index (χ4n) is 1.02. The molecule has 1 rings (SSSR count). The highest BCUT2D eigenvalue weighted by Gasteiger charge is 2.22. The first kappa shape index (κ1) is 11.7. The van der Waals surface area contributed by atoms with Gasteiger partial charge in [-0.3, -0.25) is 4.79 Å². The van der Waals surface area contributed by atoms with Crippen molar-refractivity contribution in [2.45, 2.75) is 12.5 Å². The molecular formula is C8H10F2N2O3. The molecule has 0 amide bonds. The Labute approximate surface area is 84.1 Å². The van der Waals surface area contributed by atoms with E-state index < -0.39 is 24.1 Å². The van der Waals surface area contributed by atoms with Crippen LogP contribution in [0.4, 0.5) is 8.78 Å². The molecule has 0 aliphatic carbocycles. The lowest BCUT2D eigenvalue weighted by Gasteiger charge is -2.07. The van der Waals surface area contributed by atoms with Crippen LogP contribution in [-0.4, -0.2) is 41.0 Å². The number of H-pyrrole nitrogens is 1. The van der Waals surface area contributed by atoms with Gasteiger partial charge >= 0.3 is 6.43 Å². The first-order valence-corrected chi connectivity index (χ1v) is 4.11. The van der Waals surface area contributed by atoms with Crippen LogP contribution in [0, 0.1) is 0 Å². The Morgan fingerprint density at radius 1 is 1.73 bits per heavy atom. The normalized spacial score (nSPS) is 13.1. The molecule has 84 valence electrons. The van der Waals surface area contributed by atoms with Crippen LogP contribution in [0.3, 0.4) is 0 Å². The highest BCUT2D eigenvalue weighted by molar-refractivity contribution is 5.95. The number of methoxy groups -OCH3 is 1. The van der Waals surface area contributed by atoms with Crippen molar-refractivity contribution in [3.63, 3.8) is 0 Å². The van der Waals surface area contributed by atoms with Crippen molar-refractivity contribution in [3.8, 4) is 0 Å². The lowest BCUT2D eigenvalue weighted by Crippen LogP contribution is -2.13. The number of aromatic amines is 1. The van der Waals surface area contributed by atoms with Gasteiger partial charge in [0.25, 0.3) is 5.78 Å². The van der Waals surface area contributed by atoms with E-state index in [0.29, 0.717) is 0 Å². The number of nitrogens with zero attached hydrogens (tertiary/aromatic N) is 1. The Kier molecular flexibility index (Phi) is 3.87. The van der Waals surface area contributed by atoms with Gasteiger partial charge in [0.15, 0.2) is 5.82 Å². The van der Waals surface area contributed by atoms with Gasteiger partial charge in [-0.25, -0.2) is 13.8 Å². The summed E-state index contributed by atoms with van der Waals surface area (Å²) in [6.45, 7) is -0.344. The molecule has 7 heteroatoms. The van der Waals surface area contributed by atoms with E-state index in [4.69, 9.17) is 9.84 Å². The first-order chi connectivity index (χ1) is 7.10. The Balaban J connectivity index is 2.84. The van der Waals surface area contributed by atoms with Gasteiger partial charge in [0.1, 0.15) is 6.10 Å². The smallest absolute Gasteiger partial charge is 0.303 e. The number of carbonyl (C=O) groups is 1. The zero-order valence-electron chi connectivity index (χ0n) is 7.91. The molecule has 5 nitrogen and oxygen atoms in total. The number of halogens is 2. The third kappa shape index (κ3) is 2.57. The minimum absolute atomic E-state index is 0.212. The predicted molar refractivity (Wildman–Crippen MR) is 45.8 cm³/mol. The van der Waals surface area contributed by atoms with Crippen molar-refractivity contribution in [2.75, 3.05) is 13.7 Å². The predicted octanol–water partition coefficient (Wildman–Crippen LogP) is 0.537. The average Bonchev–Trinajstić information content (AvgIpc) is 2.67. The summed E-state index contributed by atoms with van der Waals surface area (Å²) in [6, 6.07) is 0. The fourth-order valence-corrected chi connectivity index (χ4v) is 1.02. The number of Topliss-reactive ketones (excluding diaryl/α,β-unsaturated/α-hetero) is 1. The summed E-state index contributed by atoms with van der Waals surface area (Å²) in [5.41, 5.74) is 0.212. The first-order valence-electron chi connectivity index (χ1n) is 4.11. The number of nitrogens with one attached hydrogen (secondary N) is 1. The second-order valence-electron chi connectivity index (χ2n) is 2.75. The summed E-state index contributed by atoms with van der Waals surface area (Å²) < 4.78 is 28.8. The number of carbonyl (C=O) groups excluding carboxylic acids is 1. The number of hydrogen-bond donors (Lipinski definition) is 2. The van der Waals surface area contributed by atoms with Crippen LogP contribution >= 0.6 is 0 Å². The van der Waals surface area contributed by atoms with Crippen LogP contribution < -0.4 is 0 Å². The molecule has 0 aliphatic heterocycles. The van der Waals surface area contributed by atoms with Crippen LogP contribution in [0.1, 0.15) is 22.4 Å². The number of ether oxygens (including phenoxy) is 1. The van der Waals surface area contributed by atoms with E-state index in [9.17, 15) is 13.6 Å². The molecule has 0 saturated heterocycles. The summed E-state index contributed by atoms with van der Waals surface area (Å²) in [5.74, 6) is -1.82. The Morgan fingerprint density at radius 2 is 2.40 bits per heavy atom. The van der Waals surface area contributed by atoms with Crippen LogP contribution in [0.15, 0.2) is 6.20 Å². The highest BCUT2D eigenvalue weighted by atomic mass is 19.3. The number of hydrogen-bond acceptors (Lipinski definition) is 4. The molecule has 1 atom stereocenters. The molecule has 0 radical (unpaired) electrons. The number of alkyl halides is 2. The Bertz CT molecular complexity index is 336. The number of rotatable bonds is 5. The number of ketones is 1. The number of aromatic nitrogens is 2. The van der Waals surface area contributed by atoms with E-state index >= 15 is 0 Å². The fraction of sp³-hybridized carbons (Fsp3) is 0.500. The van der Waals surface area contributed by atoms with Crippen molar-refractivity contribution in [1.29, 1.82) is 0 Å². The maximum Gasteiger partial charge on any atom is 0.303 e. The van der Waals surface area contributed by atoms with E-state index in [1.54, 1.807) is 0 Å². The summed E-state index contributed by atoms with van der Waals surface area (Å²) in [5, 5.41) is 8.82. The Morgan fingerprint density at radius 3 is 2.87 bits per heavy atom. The molecule has 1 unspecified atom stereocenters. The highest BCUT2D eigenvalue weighted by Crippen LogP contribution is 2.14. The van der Waals surface area contributed by atoms with Crippen molar-refractivity contribution >= 4 is 5.78 Å². The van der Waals surface area contributed by atoms with E-state index in [1.807, 2.05) is 0 Å². The lowest BCUT2D eigenvalue weighted by atomic mass is 10.3. The number of aliphatic hydroxyl groups is 1. The zero-order valence-corrected chi connectivity index (χ0v) is 7.91. The molecule has 0 bridgehead atoms. The van der Waals surface area contributed by atoms with Gasteiger partial charge in [-0.2, -0.15) is 0 Å². The SMILES string of the molecule is COC(CO)c1c[nH]c(C(=O)C(F)F)n1. The average molecular weight is 220 g/mol. The summed E-state index contributed by atoms with van der Waals surface area (Å²) in [6.07, 6.45) is -2.57. The topological polar surface area (TPSA) is 75.2 Å². The van der Waals surface area contributed by atoms with Gasteiger partial charge < -0.3 is 14.8 Å². The van der Waals surface area contributed by atoms with Gasteiger partial charge in [0.2, 0.25) is 0 Å². The van der Waals surface area contributed by atoms with Gasteiger partial charge in [0, 0.05) is 13.3 Å². The second-order valence-corrected chi connectivity index (χ2v) is 2.75. The minimum atomic E-state index is -3.10. The maximum absolute atomic E-state index is 12.0. The molecule has 0 fully saturated rings. The van der Waals surface area contributed by atoms with Crippen LogP contribution in [0.25, 0.3) is 0 Å². The zero-order chi connectivity index (χ0) is 11.4. The van der Waals surface area contributed by atoms with Gasteiger partial charge in [-0.1, -0.05) is 0 Å². The largest absolute Gasteiger partial charge is 0.393 e. The van der Waals surface area contributed by atoms with E-state index in [-0.39, 0.29) is 12.3 Å². The van der Waals surface area contributed by atoms with Crippen molar-refractivity contribution in [1.82, 2.24) is 9.97 Å². The minimum Gasteiger partial charge on any atom is -0.393 e. The Hall–Kier alpha value is -1.34. The van der Waals surface area contributed by atoms with Gasteiger partial charge in [0.05, 0.1) is 12.3 Å². The molecule has 2 N–H and O–H groups in total. The van der Waals surface area contributed by atoms with Crippen molar-refractivity contribution < 1.29 is 23.4 Å². The maximum atomic E-state index is 12.0. The monoisotopic (exact) mass is 220 g/mol. The molecule has 1 aromatic rings. The van der Waals surface area contributed by atoms with E-state index in [1.165, 1.54) is 13.3 Å². The summed E-state index contributed by atoms with van der Waals surface area (Å²) in [7, 11) is 1.34. The molecular weight excluding hydrogens is 210 g/mol. The standard InChI is InChI=1S/C8H10F2N2O3/c1-15-5(3-13)4-2-11-8(12-4)6(14)7(9)10/h2,5,7,13H,3H2,1H3,(H,11,12). The molecule has 1 aromatic heterocycles. The van der Waals surface area contributed by atoms with Gasteiger partial charge in [-0.05, 0) is 0 Å². The summed E-state index contributed by atoms with van der Waals surface area (Å²) in [4.78, 5) is 16.7. The number of imidazole rings is 1. The molecule has 1 heterocycles. The third-order valence-corrected chi connectivity index (χ3v) is 1.81. The molecule has 0 saturated carbocycles. The van der Waals surface area contributed by atoms with Crippen LogP contribution in [-0.2, 0) is 4.74 Å². The quantitative estimate of drug-likeness (QED) is 0.710. The summed E-state index contributed by atoms with van der Waals surface area (Å²) >= 11 is 0. The lowest BCUT2D eigenvalue weighted by molar-refractivity contribution is 0.0455. The molecule has 0 aromatic carbocycles. The van der Waals surface area contributed by atoms with Crippen molar-refractivity contribution in [2.24, 2.45) is 0 Å².